The van der Waals surface area contributed by atoms with Gasteiger partial charge in [0.15, 0.2) is 0 Å². The summed E-state index contributed by atoms with van der Waals surface area (Å²) in [5, 5.41) is 18.1. The van der Waals surface area contributed by atoms with Crippen LogP contribution in [0, 0.1) is 0 Å². The maximum Gasteiger partial charge on any atom is 0.323 e. The van der Waals surface area contributed by atoms with E-state index < -0.39 is 18.1 Å². The summed E-state index contributed by atoms with van der Waals surface area (Å²) in [5.74, 6) is -1.22. The molecule has 14 heavy (non-hydrogen) atoms. The Morgan fingerprint density at radius 1 is 1.36 bits per heavy atom. The van der Waals surface area contributed by atoms with Crippen molar-refractivity contribution in [1.82, 2.24) is 0 Å². The van der Waals surface area contributed by atoms with Gasteiger partial charge in [-0.25, -0.2) is 0 Å². The minimum Gasteiger partial charge on any atom is -0.480 e. The second-order valence-corrected chi connectivity index (χ2v) is 3.78. The molecular formula is C9H10BrNO3. The summed E-state index contributed by atoms with van der Waals surface area (Å²) in [6, 6.07) is 5.38. The third kappa shape index (κ3) is 2.54. The summed E-state index contributed by atoms with van der Waals surface area (Å²) in [5.41, 5.74) is 5.76. The summed E-state index contributed by atoms with van der Waals surface area (Å²) in [6.07, 6.45) is -1.18. The van der Waals surface area contributed by atoms with Crippen LogP contribution in [0.1, 0.15) is 11.7 Å². The van der Waals surface area contributed by atoms with Gasteiger partial charge in [-0.1, -0.05) is 28.1 Å². The molecule has 0 aliphatic heterocycles. The van der Waals surface area contributed by atoms with Crippen LogP contribution in [-0.2, 0) is 4.79 Å². The van der Waals surface area contributed by atoms with Gasteiger partial charge in [0, 0.05) is 4.47 Å². The second kappa shape index (κ2) is 4.54. The average Bonchev–Trinajstić information content (AvgIpc) is 2.16. The first-order chi connectivity index (χ1) is 6.52. The third-order valence-corrected chi connectivity index (χ3v) is 2.37. The van der Waals surface area contributed by atoms with E-state index in [0.717, 1.165) is 4.47 Å². The lowest BCUT2D eigenvalue weighted by molar-refractivity contribution is -0.141. The number of rotatable bonds is 3. The highest BCUT2D eigenvalue weighted by Crippen LogP contribution is 2.18. The van der Waals surface area contributed by atoms with Crippen molar-refractivity contribution in [2.24, 2.45) is 5.73 Å². The Morgan fingerprint density at radius 2 is 1.86 bits per heavy atom. The number of halogens is 1. The average molecular weight is 260 g/mol. The van der Waals surface area contributed by atoms with Crippen LogP contribution in [0.2, 0.25) is 0 Å². The lowest BCUT2D eigenvalue weighted by Crippen LogP contribution is -2.36. The first kappa shape index (κ1) is 11.2. The molecule has 76 valence electrons. The Balaban J connectivity index is 2.84. The Morgan fingerprint density at radius 3 is 2.29 bits per heavy atom. The maximum atomic E-state index is 10.5. The van der Waals surface area contributed by atoms with E-state index in [1.165, 1.54) is 0 Å². The van der Waals surface area contributed by atoms with Crippen molar-refractivity contribution in [1.29, 1.82) is 0 Å². The first-order valence-corrected chi connectivity index (χ1v) is 4.73. The highest BCUT2D eigenvalue weighted by Gasteiger charge is 2.23. The second-order valence-electron chi connectivity index (χ2n) is 2.86. The molecule has 0 radical (unpaired) electrons. The first-order valence-electron chi connectivity index (χ1n) is 3.94. The number of aliphatic hydroxyl groups excluding tert-OH is 1. The Labute approximate surface area is 89.5 Å². The molecule has 0 aliphatic carbocycles. The molecule has 0 heterocycles. The summed E-state index contributed by atoms with van der Waals surface area (Å²) in [6.45, 7) is 0. The predicted molar refractivity (Wildman–Crippen MR) is 54.7 cm³/mol. The van der Waals surface area contributed by atoms with Gasteiger partial charge in [-0.3, -0.25) is 4.79 Å². The summed E-state index contributed by atoms with van der Waals surface area (Å²) < 4.78 is 0.859. The molecule has 0 saturated carbocycles. The minimum absolute atomic E-state index is 0.489. The fourth-order valence-corrected chi connectivity index (χ4v) is 1.27. The molecule has 0 spiro atoms. The molecule has 0 bridgehead atoms. The van der Waals surface area contributed by atoms with Crippen LogP contribution in [0.25, 0.3) is 0 Å². The van der Waals surface area contributed by atoms with E-state index in [1.54, 1.807) is 24.3 Å². The lowest BCUT2D eigenvalue weighted by Gasteiger charge is -2.14. The van der Waals surface area contributed by atoms with Crippen LogP contribution in [0.3, 0.4) is 0 Å². The molecule has 1 aromatic rings. The smallest absolute Gasteiger partial charge is 0.323 e. The van der Waals surface area contributed by atoms with Crippen molar-refractivity contribution in [3.05, 3.63) is 34.3 Å². The van der Waals surface area contributed by atoms with Gasteiger partial charge in [0.2, 0.25) is 0 Å². The normalized spacial score (nSPS) is 14.8. The molecule has 1 aromatic carbocycles. The third-order valence-electron chi connectivity index (χ3n) is 1.84. The molecule has 1 rings (SSSR count). The van der Waals surface area contributed by atoms with E-state index in [4.69, 9.17) is 10.8 Å². The highest BCUT2D eigenvalue weighted by atomic mass is 79.9. The molecule has 2 unspecified atom stereocenters. The standard InChI is InChI=1S/C9H10BrNO3/c10-6-3-1-5(2-4-6)8(12)7(11)9(13)14/h1-4,7-8,12H,11H2,(H,13,14). The van der Waals surface area contributed by atoms with E-state index in [-0.39, 0.29) is 0 Å². The van der Waals surface area contributed by atoms with Crippen LogP contribution < -0.4 is 5.73 Å². The molecule has 0 saturated heterocycles. The molecule has 5 heteroatoms. The number of hydrogen-bond acceptors (Lipinski definition) is 3. The van der Waals surface area contributed by atoms with E-state index in [0.29, 0.717) is 5.56 Å². The van der Waals surface area contributed by atoms with E-state index >= 15 is 0 Å². The number of benzene rings is 1. The van der Waals surface area contributed by atoms with Crippen molar-refractivity contribution in [2.75, 3.05) is 0 Å². The zero-order valence-corrected chi connectivity index (χ0v) is 8.81. The summed E-state index contributed by atoms with van der Waals surface area (Å²) in [7, 11) is 0. The Bertz CT molecular complexity index is 325. The van der Waals surface area contributed by atoms with Gasteiger partial charge in [0.1, 0.15) is 12.1 Å². The van der Waals surface area contributed by atoms with Crippen molar-refractivity contribution < 1.29 is 15.0 Å². The van der Waals surface area contributed by atoms with Crippen LogP contribution in [0.5, 0.6) is 0 Å². The Hall–Kier alpha value is -0.910. The van der Waals surface area contributed by atoms with Gasteiger partial charge in [-0.2, -0.15) is 0 Å². The molecule has 0 fully saturated rings. The van der Waals surface area contributed by atoms with Gasteiger partial charge in [0.25, 0.3) is 0 Å². The van der Waals surface area contributed by atoms with Crippen molar-refractivity contribution in [2.45, 2.75) is 12.1 Å². The van der Waals surface area contributed by atoms with Gasteiger partial charge in [-0.15, -0.1) is 0 Å². The SMILES string of the molecule is NC(C(=O)O)C(O)c1ccc(Br)cc1. The number of aliphatic hydroxyl groups is 1. The molecule has 4 N–H and O–H groups in total. The highest BCUT2D eigenvalue weighted by molar-refractivity contribution is 9.10. The largest absolute Gasteiger partial charge is 0.480 e. The molecule has 2 atom stereocenters. The monoisotopic (exact) mass is 259 g/mol. The summed E-state index contributed by atoms with van der Waals surface area (Å²) >= 11 is 3.23. The quantitative estimate of drug-likeness (QED) is 0.753. The van der Waals surface area contributed by atoms with Crippen LogP contribution in [-0.4, -0.2) is 22.2 Å². The molecule has 0 aromatic heterocycles. The van der Waals surface area contributed by atoms with Crippen LogP contribution in [0.4, 0.5) is 0 Å². The van der Waals surface area contributed by atoms with Gasteiger partial charge in [0.05, 0.1) is 0 Å². The molecule has 4 nitrogen and oxygen atoms in total. The number of carboxylic acid groups (broad SMARTS) is 1. The predicted octanol–water partition coefficient (Wildman–Crippen LogP) is 0.894. The van der Waals surface area contributed by atoms with Gasteiger partial charge < -0.3 is 15.9 Å². The minimum atomic E-state index is -1.30. The van der Waals surface area contributed by atoms with Crippen molar-refractivity contribution >= 4 is 21.9 Å². The fraction of sp³-hybridized carbons (Fsp3) is 0.222. The number of carboxylic acids is 1. The zero-order chi connectivity index (χ0) is 10.7. The van der Waals surface area contributed by atoms with E-state index in [9.17, 15) is 9.90 Å². The molecular weight excluding hydrogens is 250 g/mol. The van der Waals surface area contributed by atoms with E-state index in [1.807, 2.05) is 0 Å². The van der Waals surface area contributed by atoms with Gasteiger partial charge in [-0.05, 0) is 17.7 Å². The van der Waals surface area contributed by atoms with Gasteiger partial charge >= 0.3 is 5.97 Å². The number of nitrogens with two attached hydrogens (primary N) is 1. The number of hydrogen-bond donors (Lipinski definition) is 3. The summed E-state index contributed by atoms with van der Waals surface area (Å²) in [4.78, 5) is 10.5. The molecule has 0 aliphatic rings. The van der Waals surface area contributed by atoms with Crippen LogP contribution in [0.15, 0.2) is 28.7 Å². The fourth-order valence-electron chi connectivity index (χ4n) is 1.00. The topological polar surface area (TPSA) is 83.6 Å². The van der Waals surface area contributed by atoms with Crippen molar-refractivity contribution in [3.8, 4) is 0 Å². The lowest BCUT2D eigenvalue weighted by atomic mass is 10.0. The molecule has 0 amide bonds. The number of aliphatic carboxylic acids is 1. The Kier molecular flexibility index (Phi) is 3.62. The van der Waals surface area contributed by atoms with Crippen LogP contribution >= 0.6 is 15.9 Å². The zero-order valence-electron chi connectivity index (χ0n) is 7.22. The maximum absolute atomic E-state index is 10.5. The van der Waals surface area contributed by atoms with E-state index in [2.05, 4.69) is 15.9 Å². The van der Waals surface area contributed by atoms with Crippen molar-refractivity contribution in [3.63, 3.8) is 0 Å². The number of carbonyl (C=O) groups is 1.